The van der Waals surface area contributed by atoms with Gasteiger partial charge in [-0.05, 0) is 36.8 Å². The summed E-state index contributed by atoms with van der Waals surface area (Å²) < 4.78 is 26.9. The summed E-state index contributed by atoms with van der Waals surface area (Å²) in [6.45, 7) is 1.63. The van der Waals surface area contributed by atoms with Crippen LogP contribution in [0.25, 0.3) is 0 Å². The fourth-order valence-corrected chi connectivity index (χ4v) is 1.97. The Morgan fingerprint density at radius 3 is 2.60 bits per heavy atom. The molecule has 0 aliphatic carbocycles. The molecule has 0 saturated carbocycles. The molecule has 0 aliphatic heterocycles. The lowest BCUT2D eigenvalue weighted by Crippen LogP contribution is -2.15. The predicted molar refractivity (Wildman–Crippen MR) is 74.9 cm³/mol. The molecule has 2 aromatic rings. The second kappa shape index (κ2) is 6.01. The number of aryl methyl sites for hydroxylation is 1. The number of amides is 1. The Kier molecular flexibility index (Phi) is 4.35. The summed E-state index contributed by atoms with van der Waals surface area (Å²) in [5, 5.41) is 2.70. The van der Waals surface area contributed by atoms with E-state index in [4.69, 9.17) is 11.6 Å². The Morgan fingerprint density at radius 1 is 1.20 bits per heavy atom. The number of anilines is 1. The lowest BCUT2D eigenvalue weighted by molar-refractivity contribution is -0.115. The molecule has 0 radical (unpaired) electrons. The summed E-state index contributed by atoms with van der Waals surface area (Å²) >= 11 is 5.84. The first-order chi connectivity index (χ1) is 9.47. The van der Waals surface area contributed by atoms with Crippen LogP contribution in [0.5, 0.6) is 0 Å². The maximum Gasteiger partial charge on any atom is 0.228 e. The maximum absolute atomic E-state index is 13.5. The van der Waals surface area contributed by atoms with Crippen molar-refractivity contribution in [1.82, 2.24) is 0 Å². The van der Waals surface area contributed by atoms with E-state index in [-0.39, 0.29) is 17.0 Å². The van der Waals surface area contributed by atoms with Gasteiger partial charge in [-0.3, -0.25) is 4.79 Å². The zero-order valence-corrected chi connectivity index (χ0v) is 11.5. The van der Waals surface area contributed by atoms with Crippen molar-refractivity contribution in [1.29, 1.82) is 0 Å². The second-order valence-corrected chi connectivity index (χ2v) is 4.80. The van der Waals surface area contributed by atoms with Gasteiger partial charge in [0.25, 0.3) is 0 Å². The second-order valence-electron chi connectivity index (χ2n) is 4.39. The monoisotopic (exact) mass is 295 g/mol. The van der Waals surface area contributed by atoms with E-state index in [0.717, 1.165) is 0 Å². The van der Waals surface area contributed by atoms with Gasteiger partial charge in [-0.15, -0.1) is 0 Å². The molecule has 0 unspecified atom stereocenters. The van der Waals surface area contributed by atoms with Crippen molar-refractivity contribution < 1.29 is 13.6 Å². The first-order valence-electron chi connectivity index (χ1n) is 5.96. The van der Waals surface area contributed by atoms with Gasteiger partial charge in [0.1, 0.15) is 11.6 Å². The van der Waals surface area contributed by atoms with Crippen LogP contribution in [0.15, 0.2) is 36.4 Å². The Balaban J connectivity index is 2.11. The molecule has 104 valence electrons. The maximum atomic E-state index is 13.5. The largest absolute Gasteiger partial charge is 0.326 e. The summed E-state index contributed by atoms with van der Waals surface area (Å²) in [5.74, 6) is -1.41. The third-order valence-corrected chi connectivity index (χ3v) is 3.21. The number of rotatable bonds is 3. The standard InChI is InChI=1S/C15H12ClF2NO/c1-9-5-6-10(7-14(9)18)19-15(20)8-11-12(16)3-2-4-13(11)17/h2-7H,8H2,1H3,(H,19,20). The zero-order chi connectivity index (χ0) is 14.7. The summed E-state index contributed by atoms with van der Waals surface area (Å²) in [6, 6.07) is 8.57. The van der Waals surface area contributed by atoms with Crippen LogP contribution in [0.1, 0.15) is 11.1 Å². The van der Waals surface area contributed by atoms with Crippen LogP contribution in [0.4, 0.5) is 14.5 Å². The lowest BCUT2D eigenvalue weighted by atomic mass is 10.1. The number of nitrogens with one attached hydrogen (secondary N) is 1. The molecule has 1 N–H and O–H groups in total. The first-order valence-corrected chi connectivity index (χ1v) is 6.34. The molecule has 0 atom stereocenters. The molecular weight excluding hydrogens is 284 g/mol. The summed E-state index contributed by atoms with van der Waals surface area (Å²) in [7, 11) is 0. The Bertz CT molecular complexity index is 638. The number of benzene rings is 2. The van der Waals surface area contributed by atoms with Crippen LogP contribution in [0, 0.1) is 18.6 Å². The van der Waals surface area contributed by atoms with Gasteiger partial charge >= 0.3 is 0 Å². The van der Waals surface area contributed by atoms with Gasteiger partial charge in [-0.1, -0.05) is 23.7 Å². The van der Waals surface area contributed by atoms with Gasteiger partial charge in [0.2, 0.25) is 5.91 Å². The minimum atomic E-state index is -0.539. The topological polar surface area (TPSA) is 29.1 Å². The number of hydrogen-bond acceptors (Lipinski definition) is 1. The molecule has 0 fully saturated rings. The summed E-state index contributed by atoms with van der Waals surface area (Å²) in [4.78, 5) is 11.8. The van der Waals surface area contributed by atoms with Crippen molar-refractivity contribution in [3.63, 3.8) is 0 Å². The average Bonchev–Trinajstić information content (AvgIpc) is 2.38. The van der Waals surface area contributed by atoms with E-state index in [1.807, 2.05) is 0 Å². The minimum absolute atomic E-state index is 0.124. The SMILES string of the molecule is Cc1ccc(NC(=O)Cc2c(F)cccc2Cl)cc1F. The highest BCUT2D eigenvalue weighted by molar-refractivity contribution is 6.31. The van der Waals surface area contributed by atoms with Crippen LogP contribution in [0.2, 0.25) is 5.02 Å². The van der Waals surface area contributed by atoms with Gasteiger partial charge in [-0.25, -0.2) is 8.78 Å². The van der Waals surface area contributed by atoms with Gasteiger partial charge in [-0.2, -0.15) is 0 Å². The number of hydrogen-bond donors (Lipinski definition) is 1. The molecule has 0 saturated heterocycles. The summed E-state index contributed by atoms with van der Waals surface area (Å²) in [6.07, 6.45) is -0.207. The molecule has 0 heterocycles. The van der Waals surface area contributed by atoms with Crippen molar-refractivity contribution in [2.24, 2.45) is 0 Å². The van der Waals surface area contributed by atoms with Crippen molar-refractivity contribution in [3.8, 4) is 0 Å². The molecule has 2 nitrogen and oxygen atoms in total. The number of carbonyl (C=O) groups is 1. The molecule has 20 heavy (non-hydrogen) atoms. The molecule has 0 aliphatic rings. The van der Waals surface area contributed by atoms with E-state index in [1.165, 1.54) is 24.3 Å². The molecule has 0 spiro atoms. The third-order valence-electron chi connectivity index (χ3n) is 2.85. The van der Waals surface area contributed by atoms with Crippen LogP contribution in [-0.2, 0) is 11.2 Å². The van der Waals surface area contributed by atoms with Gasteiger partial charge in [0.05, 0.1) is 6.42 Å². The Hall–Kier alpha value is -1.94. The smallest absolute Gasteiger partial charge is 0.228 e. The molecule has 2 rings (SSSR count). The zero-order valence-electron chi connectivity index (χ0n) is 10.7. The Labute approximate surface area is 120 Å². The van der Waals surface area contributed by atoms with Gasteiger partial charge in [0.15, 0.2) is 0 Å². The highest BCUT2D eigenvalue weighted by Gasteiger charge is 2.12. The molecule has 1 amide bonds. The van der Waals surface area contributed by atoms with Crippen molar-refractivity contribution in [2.75, 3.05) is 5.32 Å². The Morgan fingerprint density at radius 2 is 1.95 bits per heavy atom. The van der Waals surface area contributed by atoms with Gasteiger partial charge < -0.3 is 5.32 Å². The molecule has 2 aromatic carbocycles. The third kappa shape index (κ3) is 3.33. The normalized spacial score (nSPS) is 10.4. The van der Waals surface area contributed by atoms with E-state index < -0.39 is 17.5 Å². The molecule has 0 bridgehead atoms. The minimum Gasteiger partial charge on any atom is -0.326 e. The predicted octanol–water partition coefficient (Wildman–Crippen LogP) is 4.11. The fourth-order valence-electron chi connectivity index (χ4n) is 1.74. The summed E-state index contributed by atoms with van der Waals surface area (Å²) in [5.41, 5.74) is 0.935. The highest BCUT2D eigenvalue weighted by Crippen LogP contribution is 2.20. The van der Waals surface area contributed by atoms with E-state index in [2.05, 4.69) is 5.32 Å². The number of halogens is 3. The fraction of sp³-hybridized carbons (Fsp3) is 0.133. The van der Waals surface area contributed by atoms with E-state index >= 15 is 0 Å². The average molecular weight is 296 g/mol. The van der Waals surface area contributed by atoms with E-state index in [9.17, 15) is 13.6 Å². The number of carbonyl (C=O) groups excluding carboxylic acids is 1. The van der Waals surface area contributed by atoms with Crippen LogP contribution in [0.3, 0.4) is 0 Å². The van der Waals surface area contributed by atoms with Crippen LogP contribution < -0.4 is 5.32 Å². The molecule has 5 heteroatoms. The van der Waals surface area contributed by atoms with Crippen molar-refractivity contribution >= 4 is 23.2 Å². The first kappa shape index (κ1) is 14.5. The van der Waals surface area contributed by atoms with E-state index in [0.29, 0.717) is 11.3 Å². The molecular formula is C15H12ClF2NO. The van der Waals surface area contributed by atoms with Gasteiger partial charge in [0, 0.05) is 16.3 Å². The quantitative estimate of drug-likeness (QED) is 0.907. The van der Waals surface area contributed by atoms with Crippen LogP contribution in [-0.4, -0.2) is 5.91 Å². The lowest BCUT2D eigenvalue weighted by Gasteiger charge is -2.08. The van der Waals surface area contributed by atoms with Crippen LogP contribution >= 0.6 is 11.6 Å². The van der Waals surface area contributed by atoms with Crippen molar-refractivity contribution in [2.45, 2.75) is 13.3 Å². The van der Waals surface area contributed by atoms with Crippen molar-refractivity contribution in [3.05, 3.63) is 64.2 Å². The highest BCUT2D eigenvalue weighted by atomic mass is 35.5. The molecule has 0 aromatic heterocycles. The van der Waals surface area contributed by atoms with E-state index in [1.54, 1.807) is 19.1 Å².